The van der Waals surface area contributed by atoms with Crippen molar-refractivity contribution in [2.45, 2.75) is 40.8 Å². The third-order valence-electron chi connectivity index (χ3n) is 5.51. The van der Waals surface area contributed by atoms with Gasteiger partial charge < -0.3 is 20.0 Å². The van der Waals surface area contributed by atoms with E-state index < -0.39 is 0 Å². The highest BCUT2D eigenvalue weighted by Gasteiger charge is 2.33. The quantitative estimate of drug-likeness (QED) is 0.780. The molecule has 4 nitrogen and oxygen atoms in total. The molecule has 4 heteroatoms. The summed E-state index contributed by atoms with van der Waals surface area (Å²) in [5.74, 6) is 0.817. The van der Waals surface area contributed by atoms with Crippen LogP contribution in [0.25, 0.3) is 0 Å². The van der Waals surface area contributed by atoms with Crippen LogP contribution < -0.4 is 9.80 Å². The largest absolute Gasteiger partial charge is 0.507 e. The molecule has 2 aliphatic heterocycles. The Kier molecular flexibility index (Phi) is 2.83. The second-order valence-electron chi connectivity index (χ2n) is 6.87. The van der Waals surface area contributed by atoms with E-state index in [9.17, 15) is 10.2 Å². The fourth-order valence-corrected chi connectivity index (χ4v) is 3.76. The first-order valence-corrected chi connectivity index (χ1v) is 8.02. The van der Waals surface area contributed by atoms with Crippen molar-refractivity contribution < 1.29 is 10.2 Å². The maximum Gasteiger partial charge on any atom is 0.125 e. The van der Waals surface area contributed by atoms with Crippen molar-refractivity contribution in [1.82, 2.24) is 0 Å². The van der Waals surface area contributed by atoms with Crippen molar-refractivity contribution in [2.75, 3.05) is 16.5 Å². The lowest BCUT2D eigenvalue weighted by atomic mass is 9.94. The number of rotatable bonds is 0. The molecule has 120 valence electrons. The molecule has 0 amide bonds. The molecule has 2 heterocycles. The zero-order valence-corrected chi connectivity index (χ0v) is 14.1. The van der Waals surface area contributed by atoms with Crippen LogP contribution in [0, 0.1) is 27.7 Å². The van der Waals surface area contributed by atoms with Crippen molar-refractivity contribution >= 4 is 11.4 Å². The highest BCUT2D eigenvalue weighted by molar-refractivity contribution is 5.74. The van der Waals surface area contributed by atoms with Crippen molar-refractivity contribution in [3.8, 4) is 11.5 Å². The lowest BCUT2D eigenvalue weighted by molar-refractivity contribution is 0.451. The topological polar surface area (TPSA) is 46.9 Å². The number of fused-ring (bicyclic) bond motifs is 6. The maximum atomic E-state index is 10.6. The van der Waals surface area contributed by atoms with Crippen LogP contribution in [0.5, 0.6) is 11.5 Å². The summed E-state index contributed by atoms with van der Waals surface area (Å²) in [6, 6.07) is 4.32. The van der Waals surface area contributed by atoms with E-state index in [2.05, 4.69) is 21.9 Å². The van der Waals surface area contributed by atoms with Gasteiger partial charge >= 0.3 is 0 Å². The number of benzene rings is 2. The Morgan fingerprint density at radius 3 is 1.52 bits per heavy atom. The zero-order valence-electron chi connectivity index (χ0n) is 14.1. The fourth-order valence-electron chi connectivity index (χ4n) is 3.76. The van der Waals surface area contributed by atoms with Crippen molar-refractivity contribution in [3.63, 3.8) is 0 Å². The third-order valence-corrected chi connectivity index (χ3v) is 5.51. The average molecular weight is 310 g/mol. The number of phenols is 2. The van der Waals surface area contributed by atoms with Gasteiger partial charge in [-0.05, 0) is 62.1 Å². The Hall–Kier alpha value is -2.36. The second kappa shape index (κ2) is 4.57. The Bertz CT molecular complexity index is 773. The van der Waals surface area contributed by atoms with Gasteiger partial charge in [0.25, 0.3) is 0 Å². The number of nitrogens with zero attached hydrogens (tertiary/aromatic N) is 2. The number of hydrogen-bond acceptors (Lipinski definition) is 4. The minimum Gasteiger partial charge on any atom is -0.507 e. The molecule has 0 spiro atoms. The van der Waals surface area contributed by atoms with E-state index >= 15 is 0 Å². The highest BCUT2D eigenvalue weighted by atomic mass is 16.3. The van der Waals surface area contributed by atoms with E-state index in [4.69, 9.17) is 0 Å². The molecule has 2 aromatic rings. The minimum absolute atomic E-state index is 0.409. The Morgan fingerprint density at radius 1 is 0.739 bits per heavy atom. The lowest BCUT2D eigenvalue weighted by Gasteiger charge is -2.45. The molecular formula is C19H22N2O2. The summed E-state index contributed by atoms with van der Waals surface area (Å²) in [4.78, 5) is 4.48. The molecule has 0 radical (unpaired) electrons. The van der Waals surface area contributed by atoms with E-state index in [1.165, 1.54) is 0 Å². The van der Waals surface area contributed by atoms with Crippen LogP contribution in [0.1, 0.15) is 33.4 Å². The van der Waals surface area contributed by atoms with Crippen LogP contribution >= 0.6 is 0 Å². The van der Waals surface area contributed by atoms with Crippen molar-refractivity contribution in [1.29, 1.82) is 0 Å². The van der Waals surface area contributed by atoms with Crippen LogP contribution in [-0.2, 0) is 13.1 Å². The molecule has 23 heavy (non-hydrogen) atoms. The van der Waals surface area contributed by atoms with Crippen LogP contribution in [0.3, 0.4) is 0 Å². The number of hydrogen-bond donors (Lipinski definition) is 2. The summed E-state index contributed by atoms with van der Waals surface area (Å²) in [5.41, 5.74) is 8.26. The van der Waals surface area contributed by atoms with E-state index in [1.54, 1.807) is 0 Å². The van der Waals surface area contributed by atoms with Crippen molar-refractivity contribution in [2.24, 2.45) is 0 Å². The van der Waals surface area contributed by atoms with Crippen LogP contribution in [0.2, 0.25) is 0 Å². The van der Waals surface area contributed by atoms with Gasteiger partial charge in [0.05, 0.1) is 19.8 Å². The summed E-state index contributed by atoms with van der Waals surface area (Å²) < 4.78 is 0. The SMILES string of the molecule is Cc1cc2c(c(O)c1C)CN1CN2Cc2c1cc(C)c(C)c2O. The van der Waals surface area contributed by atoms with Gasteiger partial charge in [0.2, 0.25) is 0 Å². The number of anilines is 2. The minimum atomic E-state index is 0.409. The molecule has 0 saturated heterocycles. The fraction of sp³-hybridized carbons (Fsp3) is 0.368. The van der Waals surface area contributed by atoms with Gasteiger partial charge in [-0.3, -0.25) is 0 Å². The third kappa shape index (κ3) is 1.84. The van der Waals surface area contributed by atoms with E-state index in [0.717, 1.165) is 51.4 Å². The summed E-state index contributed by atoms with van der Waals surface area (Å²) >= 11 is 0. The standard InChI is InChI=1S/C19H22N2O2/c1-10-5-16-14(18(22)12(10)3)7-21-9-20(16)8-15-17(21)6-11(2)13(4)19(15)23/h5-6,22-23H,7-9H2,1-4H3. The molecule has 0 aromatic heterocycles. The van der Waals surface area contributed by atoms with Crippen LogP contribution in [-0.4, -0.2) is 16.9 Å². The Labute approximate surface area is 136 Å². The van der Waals surface area contributed by atoms with E-state index in [1.807, 2.05) is 27.7 Å². The highest BCUT2D eigenvalue weighted by Crippen LogP contribution is 2.46. The molecule has 0 aliphatic carbocycles. The maximum absolute atomic E-state index is 10.6. The van der Waals surface area contributed by atoms with Crippen LogP contribution in [0.15, 0.2) is 12.1 Å². The molecule has 2 bridgehead atoms. The van der Waals surface area contributed by atoms with Gasteiger partial charge in [-0.25, -0.2) is 0 Å². The lowest BCUT2D eigenvalue weighted by Crippen LogP contribution is -2.46. The molecule has 0 fully saturated rings. The van der Waals surface area contributed by atoms with Gasteiger partial charge in [-0.2, -0.15) is 0 Å². The Balaban J connectivity index is 1.91. The smallest absolute Gasteiger partial charge is 0.125 e. The monoisotopic (exact) mass is 310 g/mol. The van der Waals surface area contributed by atoms with Gasteiger partial charge in [0, 0.05) is 22.5 Å². The normalized spacial score (nSPS) is 15.5. The molecule has 0 saturated carbocycles. The van der Waals surface area contributed by atoms with E-state index in [-0.39, 0.29) is 0 Å². The molecule has 2 aliphatic rings. The van der Waals surface area contributed by atoms with Gasteiger partial charge in [-0.1, -0.05) is 0 Å². The van der Waals surface area contributed by atoms with Crippen LogP contribution in [0.4, 0.5) is 11.4 Å². The molecular weight excluding hydrogens is 288 g/mol. The van der Waals surface area contributed by atoms with E-state index in [0.29, 0.717) is 24.6 Å². The first kappa shape index (κ1) is 14.2. The second-order valence-corrected chi connectivity index (χ2v) is 6.87. The molecule has 0 atom stereocenters. The first-order valence-electron chi connectivity index (χ1n) is 8.02. The number of phenolic OH excluding ortho intramolecular Hbond substituents is 2. The summed E-state index contributed by atoms with van der Waals surface area (Å²) in [6.45, 7) is 10.1. The molecule has 0 unspecified atom stereocenters. The predicted octanol–water partition coefficient (Wildman–Crippen LogP) is 3.63. The van der Waals surface area contributed by atoms with Gasteiger partial charge in [-0.15, -0.1) is 0 Å². The van der Waals surface area contributed by atoms with Gasteiger partial charge in [0.1, 0.15) is 11.5 Å². The van der Waals surface area contributed by atoms with Gasteiger partial charge in [0.15, 0.2) is 0 Å². The summed E-state index contributed by atoms with van der Waals surface area (Å²) in [5, 5.41) is 21.2. The summed E-state index contributed by atoms with van der Waals surface area (Å²) in [7, 11) is 0. The first-order chi connectivity index (χ1) is 10.9. The summed E-state index contributed by atoms with van der Waals surface area (Å²) in [6.07, 6.45) is 0. The molecule has 2 aromatic carbocycles. The number of aromatic hydroxyl groups is 2. The zero-order chi connectivity index (χ0) is 16.5. The average Bonchev–Trinajstić information content (AvgIpc) is 2.53. The number of aryl methyl sites for hydroxylation is 2. The molecule has 4 rings (SSSR count). The predicted molar refractivity (Wildman–Crippen MR) is 92.4 cm³/mol. The molecule has 2 N–H and O–H groups in total. The Morgan fingerprint density at radius 2 is 1.13 bits per heavy atom. The van der Waals surface area contributed by atoms with Crippen molar-refractivity contribution in [3.05, 3.63) is 45.5 Å².